The van der Waals surface area contributed by atoms with Crippen LogP contribution >= 0.6 is 11.8 Å². The van der Waals surface area contributed by atoms with Gasteiger partial charge in [-0.15, -0.1) is 6.58 Å². The van der Waals surface area contributed by atoms with E-state index in [1.807, 2.05) is 34.8 Å². The van der Waals surface area contributed by atoms with Crippen molar-refractivity contribution in [1.82, 2.24) is 15.1 Å². The summed E-state index contributed by atoms with van der Waals surface area (Å²) in [5.74, 6) is 2.15. The smallest absolute Gasteiger partial charge is 0.0645 e. The SMILES string of the molecule is C=CCSCCNCc1ccc(-n2cccn2)cc1. The maximum atomic E-state index is 4.21. The zero-order valence-electron chi connectivity index (χ0n) is 11.0. The van der Waals surface area contributed by atoms with Gasteiger partial charge in [-0.2, -0.15) is 16.9 Å². The van der Waals surface area contributed by atoms with E-state index in [2.05, 4.69) is 41.3 Å². The fraction of sp³-hybridized carbons (Fsp3) is 0.267. The summed E-state index contributed by atoms with van der Waals surface area (Å²) in [6, 6.07) is 10.4. The van der Waals surface area contributed by atoms with Crippen molar-refractivity contribution in [2.75, 3.05) is 18.1 Å². The van der Waals surface area contributed by atoms with Crippen LogP contribution in [0, 0.1) is 0 Å². The van der Waals surface area contributed by atoms with Crippen LogP contribution in [0.4, 0.5) is 0 Å². The number of rotatable bonds is 8. The summed E-state index contributed by atoms with van der Waals surface area (Å²) in [6.07, 6.45) is 5.68. The molecule has 0 aliphatic heterocycles. The Morgan fingerprint density at radius 2 is 2.16 bits per heavy atom. The number of benzene rings is 1. The lowest BCUT2D eigenvalue weighted by Gasteiger charge is -2.06. The number of aromatic nitrogens is 2. The minimum Gasteiger partial charge on any atom is -0.312 e. The zero-order valence-corrected chi connectivity index (χ0v) is 11.8. The van der Waals surface area contributed by atoms with Gasteiger partial charge in [-0.3, -0.25) is 0 Å². The highest BCUT2D eigenvalue weighted by molar-refractivity contribution is 7.99. The van der Waals surface area contributed by atoms with E-state index < -0.39 is 0 Å². The number of nitrogens with zero attached hydrogens (tertiary/aromatic N) is 2. The molecule has 0 atom stereocenters. The van der Waals surface area contributed by atoms with E-state index in [1.165, 1.54) is 5.56 Å². The molecule has 3 nitrogen and oxygen atoms in total. The molecule has 0 saturated carbocycles. The van der Waals surface area contributed by atoms with Gasteiger partial charge in [0, 0.05) is 37.0 Å². The number of nitrogens with one attached hydrogen (secondary N) is 1. The van der Waals surface area contributed by atoms with Crippen molar-refractivity contribution in [2.24, 2.45) is 0 Å². The molecule has 2 rings (SSSR count). The average molecular weight is 273 g/mol. The standard InChI is InChI=1S/C15H19N3S/c1-2-11-19-12-9-16-13-14-4-6-15(7-5-14)18-10-3-8-17-18/h2-8,10,16H,1,9,11-13H2. The molecule has 19 heavy (non-hydrogen) atoms. The molecule has 0 saturated heterocycles. The van der Waals surface area contributed by atoms with E-state index in [0.717, 1.165) is 30.3 Å². The van der Waals surface area contributed by atoms with Gasteiger partial charge in [0.15, 0.2) is 0 Å². The van der Waals surface area contributed by atoms with E-state index in [1.54, 1.807) is 6.20 Å². The molecule has 1 aromatic heterocycles. The van der Waals surface area contributed by atoms with Gasteiger partial charge in [-0.25, -0.2) is 4.68 Å². The van der Waals surface area contributed by atoms with E-state index in [0.29, 0.717) is 0 Å². The van der Waals surface area contributed by atoms with Crippen LogP contribution in [0.1, 0.15) is 5.56 Å². The summed E-state index contributed by atoms with van der Waals surface area (Å²) < 4.78 is 1.86. The third-order valence-corrected chi connectivity index (χ3v) is 3.66. The van der Waals surface area contributed by atoms with Gasteiger partial charge in [-0.1, -0.05) is 18.2 Å². The summed E-state index contributed by atoms with van der Waals surface area (Å²) in [5.41, 5.74) is 2.39. The lowest BCUT2D eigenvalue weighted by Crippen LogP contribution is -2.16. The van der Waals surface area contributed by atoms with Crippen LogP contribution in [0.15, 0.2) is 55.4 Å². The predicted molar refractivity (Wildman–Crippen MR) is 82.8 cm³/mol. The van der Waals surface area contributed by atoms with Crippen LogP contribution in [0.3, 0.4) is 0 Å². The first kappa shape index (κ1) is 13.9. The number of hydrogen-bond donors (Lipinski definition) is 1. The second-order valence-corrected chi connectivity index (χ2v) is 5.31. The molecule has 1 N–H and O–H groups in total. The van der Waals surface area contributed by atoms with Crippen molar-refractivity contribution in [2.45, 2.75) is 6.54 Å². The molecule has 4 heteroatoms. The predicted octanol–water partition coefficient (Wildman–Crippen LogP) is 2.88. The Balaban J connectivity index is 1.75. The van der Waals surface area contributed by atoms with E-state index >= 15 is 0 Å². The van der Waals surface area contributed by atoms with E-state index in [9.17, 15) is 0 Å². The minimum absolute atomic E-state index is 0.911. The molecule has 100 valence electrons. The molecule has 0 fully saturated rings. The lowest BCUT2D eigenvalue weighted by atomic mass is 10.2. The average Bonchev–Trinajstić information content (AvgIpc) is 2.97. The summed E-state index contributed by atoms with van der Waals surface area (Å²) in [5, 5.41) is 7.65. The van der Waals surface area contributed by atoms with Gasteiger partial charge in [-0.05, 0) is 23.8 Å². The molecule has 0 bridgehead atoms. The molecule has 1 heterocycles. The largest absolute Gasteiger partial charge is 0.312 e. The van der Waals surface area contributed by atoms with Gasteiger partial charge >= 0.3 is 0 Å². The van der Waals surface area contributed by atoms with Crippen LogP contribution in [0.25, 0.3) is 5.69 Å². The molecule has 0 aliphatic rings. The molecule has 0 unspecified atom stereocenters. The lowest BCUT2D eigenvalue weighted by molar-refractivity contribution is 0.731. The van der Waals surface area contributed by atoms with Crippen molar-refractivity contribution in [1.29, 1.82) is 0 Å². The molecule has 0 spiro atoms. The molecule has 0 radical (unpaired) electrons. The minimum atomic E-state index is 0.911. The molecule has 1 aromatic carbocycles. The van der Waals surface area contributed by atoms with Crippen LogP contribution in [0.5, 0.6) is 0 Å². The Morgan fingerprint density at radius 3 is 2.84 bits per heavy atom. The Labute approximate surface area is 118 Å². The van der Waals surface area contributed by atoms with Crippen LogP contribution in [-0.4, -0.2) is 27.8 Å². The normalized spacial score (nSPS) is 10.5. The van der Waals surface area contributed by atoms with Crippen LogP contribution in [0.2, 0.25) is 0 Å². The molecular formula is C15H19N3S. The fourth-order valence-corrected chi connectivity index (χ4v) is 2.35. The second kappa shape index (κ2) is 7.81. The molecular weight excluding hydrogens is 254 g/mol. The van der Waals surface area contributed by atoms with Crippen molar-refractivity contribution >= 4 is 11.8 Å². The summed E-state index contributed by atoms with van der Waals surface area (Å²) in [6.45, 7) is 5.64. The Kier molecular flexibility index (Phi) is 5.72. The van der Waals surface area contributed by atoms with Crippen molar-refractivity contribution in [3.8, 4) is 5.69 Å². The van der Waals surface area contributed by atoms with Gasteiger partial charge in [0.1, 0.15) is 0 Å². The van der Waals surface area contributed by atoms with Crippen LogP contribution < -0.4 is 5.32 Å². The third kappa shape index (κ3) is 4.58. The van der Waals surface area contributed by atoms with Gasteiger partial charge in [0.05, 0.1) is 5.69 Å². The highest BCUT2D eigenvalue weighted by atomic mass is 32.2. The Morgan fingerprint density at radius 1 is 1.32 bits per heavy atom. The highest BCUT2D eigenvalue weighted by Crippen LogP contribution is 2.08. The topological polar surface area (TPSA) is 29.9 Å². The van der Waals surface area contributed by atoms with Crippen molar-refractivity contribution in [3.05, 3.63) is 60.9 Å². The number of hydrogen-bond acceptors (Lipinski definition) is 3. The number of thioether (sulfide) groups is 1. The Bertz CT molecular complexity index is 477. The Hall–Kier alpha value is -1.52. The molecule has 2 aromatic rings. The fourth-order valence-electron chi connectivity index (χ4n) is 1.73. The summed E-state index contributed by atoms with van der Waals surface area (Å²) >= 11 is 1.90. The maximum Gasteiger partial charge on any atom is 0.0645 e. The highest BCUT2D eigenvalue weighted by Gasteiger charge is 1.97. The van der Waals surface area contributed by atoms with Gasteiger partial charge in [0.2, 0.25) is 0 Å². The summed E-state index contributed by atoms with van der Waals surface area (Å²) in [4.78, 5) is 0. The first-order valence-corrected chi connectivity index (χ1v) is 7.54. The molecule has 0 amide bonds. The first-order chi connectivity index (χ1) is 9.40. The second-order valence-electron chi connectivity index (χ2n) is 4.16. The maximum absolute atomic E-state index is 4.21. The zero-order chi connectivity index (χ0) is 13.3. The van der Waals surface area contributed by atoms with E-state index in [4.69, 9.17) is 0 Å². The van der Waals surface area contributed by atoms with E-state index in [-0.39, 0.29) is 0 Å². The summed E-state index contributed by atoms with van der Waals surface area (Å²) in [7, 11) is 0. The third-order valence-electron chi connectivity index (χ3n) is 2.69. The van der Waals surface area contributed by atoms with Crippen LogP contribution in [-0.2, 0) is 6.54 Å². The van der Waals surface area contributed by atoms with Gasteiger partial charge in [0.25, 0.3) is 0 Å². The monoisotopic (exact) mass is 273 g/mol. The van der Waals surface area contributed by atoms with Gasteiger partial charge < -0.3 is 5.32 Å². The molecule has 0 aliphatic carbocycles. The quantitative estimate of drug-likeness (QED) is 0.592. The van der Waals surface area contributed by atoms with Crippen molar-refractivity contribution < 1.29 is 0 Å². The van der Waals surface area contributed by atoms with Crippen molar-refractivity contribution in [3.63, 3.8) is 0 Å². The first-order valence-electron chi connectivity index (χ1n) is 6.38.